The van der Waals surface area contributed by atoms with Gasteiger partial charge in [0.05, 0.1) is 7.11 Å². The van der Waals surface area contributed by atoms with E-state index < -0.39 is 0 Å². The first-order valence-electron chi connectivity index (χ1n) is 7.67. The van der Waals surface area contributed by atoms with Crippen LogP contribution in [0, 0.1) is 6.92 Å². The van der Waals surface area contributed by atoms with Crippen LogP contribution in [0.25, 0.3) is 0 Å². The zero-order valence-electron chi connectivity index (χ0n) is 14.0. The molecule has 2 aromatic carbocycles. The minimum Gasteiger partial charge on any atom is -0.497 e. The highest BCUT2D eigenvalue weighted by Gasteiger charge is 2.13. The second-order valence-electron chi connectivity index (χ2n) is 5.87. The van der Waals surface area contributed by atoms with E-state index in [0.29, 0.717) is 6.04 Å². The van der Waals surface area contributed by atoms with E-state index in [9.17, 15) is 0 Å². The fourth-order valence-corrected chi connectivity index (χ4v) is 2.60. The summed E-state index contributed by atoms with van der Waals surface area (Å²) in [5, 5.41) is 3.56. The van der Waals surface area contributed by atoms with E-state index in [1.165, 1.54) is 16.7 Å². The van der Waals surface area contributed by atoms with Gasteiger partial charge in [-0.25, -0.2) is 0 Å². The summed E-state index contributed by atoms with van der Waals surface area (Å²) < 4.78 is 5.23. The smallest absolute Gasteiger partial charge is 0.118 e. The normalized spacial score (nSPS) is 12.4. The lowest BCUT2D eigenvalue weighted by molar-refractivity contribution is 0.288. The van der Waals surface area contributed by atoms with E-state index in [1.54, 1.807) is 7.11 Å². The summed E-state index contributed by atoms with van der Waals surface area (Å²) in [5.41, 5.74) is 3.92. The third kappa shape index (κ3) is 4.58. The monoisotopic (exact) mass is 298 g/mol. The lowest BCUT2D eigenvalue weighted by Crippen LogP contribution is -2.30. The van der Waals surface area contributed by atoms with E-state index in [2.05, 4.69) is 67.6 Å². The van der Waals surface area contributed by atoms with Crippen molar-refractivity contribution in [2.75, 3.05) is 27.7 Å². The molecule has 0 fully saturated rings. The second kappa shape index (κ2) is 7.97. The first-order valence-corrected chi connectivity index (χ1v) is 7.67. The maximum absolute atomic E-state index is 5.23. The van der Waals surface area contributed by atoms with E-state index >= 15 is 0 Å². The van der Waals surface area contributed by atoms with Gasteiger partial charge in [-0.05, 0) is 44.3 Å². The van der Waals surface area contributed by atoms with Crippen LogP contribution >= 0.6 is 0 Å². The molecular formula is C19H26N2O. The zero-order valence-corrected chi connectivity index (χ0v) is 14.0. The van der Waals surface area contributed by atoms with Crippen LogP contribution in [0.5, 0.6) is 5.75 Å². The lowest BCUT2D eigenvalue weighted by atomic mass is 10.1. The van der Waals surface area contributed by atoms with Crippen molar-refractivity contribution in [2.24, 2.45) is 0 Å². The van der Waals surface area contributed by atoms with Crippen molar-refractivity contribution in [3.05, 3.63) is 65.2 Å². The summed E-state index contributed by atoms with van der Waals surface area (Å²) in [4.78, 5) is 2.24. The van der Waals surface area contributed by atoms with Crippen LogP contribution in [-0.2, 0) is 6.54 Å². The molecule has 0 aliphatic rings. The molecule has 0 bridgehead atoms. The van der Waals surface area contributed by atoms with E-state index in [0.717, 1.165) is 18.8 Å². The fraction of sp³-hybridized carbons (Fsp3) is 0.368. The van der Waals surface area contributed by atoms with Gasteiger partial charge in [0.1, 0.15) is 5.75 Å². The Balaban J connectivity index is 1.96. The quantitative estimate of drug-likeness (QED) is 0.848. The van der Waals surface area contributed by atoms with Crippen molar-refractivity contribution in [1.82, 2.24) is 10.2 Å². The Bertz CT molecular complexity index is 578. The van der Waals surface area contributed by atoms with Crippen LogP contribution < -0.4 is 10.1 Å². The topological polar surface area (TPSA) is 24.5 Å². The Labute approximate surface area is 133 Å². The van der Waals surface area contributed by atoms with Gasteiger partial charge in [-0.15, -0.1) is 0 Å². The molecule has 0 aromatic heterocycles. The number of nitrogens with zero attached hydrogens (tertiary/aromatic N) is 1. The van der Waals surface area contributed by atoms with Gasteiger partial charge in [-0.3, -0.25) is 0 Å². The Morgan fingerprint density at radius 1 is 1.09 bits per heavy atom. The largest absolute Gasteiger partial charge is 0.497 e. The highest BCUT2D eigenvalue weighted by Crippen LogP contribution is 2.20. The summed E-state index contributed by atoms with van der Waals surface area (Å²) in [6.07, 6.45) is 0. The number of likely N-dealkylation sites (N-methyl/N-ethyl adjacent to an activating group) is 1. The number of aryl methyl sites for hydroxylation is 1. The first kappa shape index (κ1) is 16.5. The molecule has 2 aromatic rings. The number of hydrogen-bond acceptors (Lipinski definition) is 3. The summed E-state index contributed by atoms with van der Waals surface area (Å²) in [7, 11) is 5.92. The van der Waals surface area contributed by atoms with Crippen LogP contribution in [0.1, 0.15) is 22.7 Å². The van der Waals surface area contributed by atoms with Crippen molar-refractivity contribution in [3.8, 4) is 5.75 Å². The predicted molar refractivity (Wildman–Crippen MR) is 92.3 cm³/mol. The van der Waals surface area contributed by atoms with Gasteiger partial charge in [0.2, 0.25) is 0 Å². The van der Waals surface area contributed by atoms with Crippen molar-refractivity contribution in [1.29, 1.82) is 0 Å². The Morgan fingerprint density at radius 3 is 2.41 bits per heavy atom. The molecule has 0 aliphatic carbocycles. The molecule has 0 spiro atoms. The minimum atomic E-state index is 0.343. The number of benzene rings is 2. The molecule has 1 unspecified atom stereocenters. The number of rotatable bonds is 7. The average molecular weight is 298 g/mol. The molecule has 0 aliphatic heterocycles. The van der Waals surface area contributed by atoms with Gasteiger partial charge in [0.25, 0.3) is 0 Å². The third-order valence-electron chi connectivity index (χ3n) is 3.87. The van der Waals surface area contributed by atoms with Gasteiger partial charge in [0.15, 0.2) is 0 Å². The van der Waals surface area contributed by atoms with Crippen molar-refractivity contribution >= 4 is 0 Å². The molecule has 3 heteroatoms. The van der Waals surface area contributed by atoms with E-state index in [-0.39, 0.29) is 0 Å². The molecule has 3 nitrogen and oxygen atoms in total. The van der Waals surface area contributed by atoms with Crippen molar-refractivity contribution < 1.29 is 4.74 Å². The lowest BCUT2D eigenvalue weighted by Gasteiger charge is -2.25. The molecule has 0 saturated carbocycles. The fourth-order valence-electron chi connectivity index (χ4n) is 2.60. The Hall–Kier alpha value is -1.84. The van der Waals surface area contributed by atoms with Crippen molar-refractivity contribution in [3.63, 3.8) is 0 Å². The summed E-state index contributed by atoms with van der Waals surface area (Å²) in [6.45, 7) is 3.93. The molecule has 2 rings (SSSR count). The molecule has 0 radical (unpaired) electrons. The summed E-state index contributed by atoms with van der Waals surface area (Å²) in [6, 6.07) is 17.3. The van der Waals surface area contributed by atoms with Gasteiger partial charge in [-0.1, -0.05) is 42.0 Å². The number of ether oxygens (including phenoxy) is 1. The number of nitrogens with one attached hydrogen (secondary N) is 1. The molecular weight excluding hydrogens is 272 g/mol. The molecule has 22 heavy (non-hydrogen) atoms. The van der Waals surface area contributed by atoms with Gasteiger partial charge in [0, 0.05) is 19.1 Å². The van der Waals surface area contributed by atoms with E-state index in [1.807, 2.05) is 12.1 Å². The molecule has 0 heterocycles. The minimum absolute atomic E-state index is 0.343. The number of methoxy groups -OCH3 is 1. The van der Waals surface area contributed by atoms with Gasteiger partial charge in [-0.2, -0.15) is 0 Å². The molecule has 1 N–H and O–H groups in total. The third-order valence-corrected chi connectivity index (χ3v) is 3.87. The van der Waals surface area contributed by atoms with Crippen LogP contribution in [0.4, 0.5) is 0 Å². The Kier molecular flexibility index (Phi) is 5.99. The molecule has 1 atom stereocenters. The zero-order chi connectivity index (χ0) is 15.9. The van der Waals surface area contributed by atoms with Gasteiger partial charge >= 0.3 is 0 Å². The molecule has 118 valence electrons. The van der Waals surface area contributed by atoms with Crippen LogP contribution in [0.3, 0.4) is 0 Å². The number of hydrogen-bond donors (Lipinski definition) is 1. The van der Waals surface area contributed by atoms with E-state index in [4.69, 9.17) is 4.74 Å². The van der Waals surface area contributed by atoms with Crippen molar-refractivity contribution in [2.45, 2.75) is 19.5 Å². The maximum atomic E-state index is 5.23. The van der Waals surface area contributed by atoms with Crippen LogP contribution in [0.2, 0.25) is 0 Å². The van der Waals surface area contributed by atoms with Crippen LogP contribution in [0.15, 0.2) is 48.5 Å². The Morgan fingerprint density at radius 2 is 1.82 bits per heavy atom. The predicted octanol–water partition coefficient (Wildman–Crippen LogP) is 3.40. The molecule has 0 saturated heterocycles. The standard InChI is InChI=1S/C19H26N2O/c1-15-6-5-7-16(12-15)13-20-14-19(21(2)3)17-8-10-18(22-4)11-9-17/h5-12,19-20H,13-14H2,1-4H3. The second-order valence-corrected chi connectivity index (χ2v) is 5.87. The van der Waals surface area contributed by atoms with Gasteiger partial charge < -0.3 is 15.0 Å². The molecule has 0 amide bonds. The summed E-state index contributed by atoms with van der Waals surface area (Å²) >= 11 is 0. The summed E-state index contributed by atoms with van der Waals surface area (Å²) in [5.74, 6) is 0.897. The first-order chi connectivity index (χ1) is 10.6. The highest BCUT2D eigenvalue weighted by molar-refractivity contribution is 5.29. The average Bonchev–Trinajstić information content (AvgIpc) is 2.51. The maximum Gasteiger partial charge on any atom is 0.118 e. The van der Waals surface area contributed by atoms with Crippen LogP contribution in [-0.4, -0.2) is 32.6 Å². The SMILES string of the molecule is COc1ccc(C(CNCc2cccc(C)c2)N(C)C)cc1. The highest BCUT2D eigenvalue weighted by atomic mass is 16.5.